The molecule has 8 rings (SSSR count). The number of benzene rings is 2. The monoisotopic (exact) mass is 752 g/mol. The van der Waals surface area contributed by atoms with Gasteiger partial charge in [-0.05, 0) is 107 Å². The van der Waals surface area contributed by atoms with Gasteiger partial charge in [0.1, 0.15) is 6.04 Å². The number of carbonyl (C=O) groups is 3. The number of aromatic nitrogens is 1. The average Bonchev–Trinajstić information content (AvgIpc) is 4.07. The summed E-state index contributed by atoms with van der Waals surface area (Å²) in [4.78, 5) is 55.1. The van der Waals surface area contributed by atoms with Crippen LogP contribution in [0, 0.1) is 36.5 Å². The minimum Gasteiger partial charge on any atom is -0.453 e. The van der Waals surface area contributed by atoms with Crippen molar-refractivity contribution < 1.29 is 19.1 Å². The Balaban J connectivity index is 0.881. The number of nitrogens with one attached hydrogen (secondary N) is 2. The highest BCUT2D eigenvalue weighted by Crippen LogP contribution is 2.54. The summed E-state index contributed by atoms with van der Waals surface area (Å²) in [6, 6.07) is 18.6. The van der Waals surface area contributed by atoms with Crippen LogP contribution in [0.15, 0.2) is 89.4 Å². The van der Waals surface area contributed by atoms with Crippen molar-refractivity contribution in [2.75, 3.05) is 13.7 Å². The highest BCUT2D eigenvalue weighted by atomic mass is 16.5. The molecule has 3 amide bonds. The van der Waals surface area contributed by atoms with Crippen molar-refractivity contribution in [2.24, 2.45) is 39.6 Å². The summed E-state index contributed by atoms with van der Waals surface area (Å²) >= 11 is 0. The lowest BCUT2D eigenvalue weighted by Crippen LogP contribution is -2.53. The lowest BCUT2D eigenvalue weighted by Gasteiger charge is -2.31. The molecule has 2 saturated carbocycles. The third kappa shape index (κ3) is 7.45. The fourth-order valence-electron chi connectivity index (χ4n) is 9.94. The minimum atomic E-state index is -0.648. The number of hydrogen-bond acceptors (Lipinski definition) is 7. The van der Waals surface area contributed by atoms with Gasteiger partial charge in [-0.1, -0.05) is 62.4 Å². The molecule has 2 aromatic carbocycles. The molecule has 3 aromatic rings. The third-order valence-corrected chi connectivity index (χ3v) is 12.8. The topological polar surface area (TPSA) is 125 Å². The summed E-state index contributed by atoms with van der Waals surface area (Å²) < 4.78 is 4.79. The van der Waals surface area contributed by atoms with Crippen LogP contribution in [0.2, 0.25) is 0 Å². The van der Waals surface area contributed by atoms with Gasteiger partial charge in [0.15, 0.2) is 0 Å². The molecule has 10 nitrogen and oxygen atoms in total. The number of amides is 3. The number of aliphatic imine (C=N–C) groups is 2. The van der Waals surface area contributed by atoms with Crippen molar-refractivity contribution in [3.05, 3.63) is 102 Å². The number of fused-ring (bicyclic) bond motifs is 2. The Morgan fingerprint density at radius 2 is 1.62 bits per heavy atom. The lowest BCUT2D eigenvalue weighted by molar-refractivity contribution is -0.134. The third-order valence-electron chi connectivity index (χ3n) is 12.8. The molecule has 56 heavy (non-hydrogen) atoms. The first-order chi connectivity index (χ1) is 27.2. The van der Waals surface area contributed by atoms with Gasteiger partial charge in [-0.3, -0.25) is 24.6 Å². The number of pyridine rings is 1. The van der Waals surface area contributed by atoms with Crippen LogP contribution in [0.4, 0.5) is 4.79 Å². The SMILES string of the molecule is COC(=O)N[C@H](C(=O)N1CCC[C@H]1C1=NC=C(c2ccc(-c3ccc(C4=CN=C(C5C6CCC(C6)[C@@H]5C(=O)NCc5cccnc5)C4)cc3)cc2C)C1)C(C)C. The number of methoxy groups -OCH3 is 1. The zero-order valence-corrected chi connectivity index (χ0v) is 32.8. The van der Waals surface area contributed by atoms with Gasteiger partial charge in [0, 0.05) is 74.0 Å². The average molecular weight is 753 g/mol. The normalized spacial score (nSPS) is 24.4. The van der Waals surface area contributed by atoms with Gasteiger partial charge in [0.05, 0.1) is 13.2 Å². The Hall–Kier alpha value is -5.38. The molecule has 290 valence electrons. The van der Waals surface area contributed by atoms with Gasteiger partial charge in [-0.15, -0.1) is 0 Å². The van der Waals surface area contributed by atoms with Crippen LogP contribution in [-0.4, -0.2) is 65.0 Å². The predicted molar refractivity (Wildman–Crippen MR) is 219 cm³/mol. The van der Waals surface area contributed by atoms with Crippen LogP contribution >= 0.6 is 0 Å². The van der Waals surface area contributed by atoms with E-state index in [0.717, 1.165) is 65.6 Å². The van der Waals surface area contributed by atoms with Crippen LogP contribution < -0.4 is 10.6 Å². The largest absolute Gasteiger partial charge is 0.453 e. The van der Waals surface area contributed by atoms with Gasteiger partial charge in [0.2, 0.25) is 11.8 Å². The van der Waals surface area contributed by atoms with E-state index >= 15 is 0 Å². The maximum atomic E-state index is 13.6. The van der Waals surface area contributed by atoms with Crippen LogP contribution in [0.3, 0.4) is 0 Å². The highest BCUT2D eigenvalue weighted by Gasteiger charge is 2.52. The fraction of sp³-hybridized carbons (Fsp3) is 0.435. The summed E-state index contributed by atoms with van der Waals surface area (Å²) in [6.07, 6.45) is 13.6. The number of likely N-dealkylation sites (tertiary alicyclic amines) is 1. The van der Waals surface area contributed by atoms with Gasteiger partial charge in [-0.25, -0.2) is 4.79 Å². The van der Waals surface area contributed by atoms with Gasteiger partial charge < -0.3 is 20.3 Å². The summed E-state index contributed by atoms with van der Waals surface area (Å²) in [6.45, 7) is 7.16. The van der Waals surface area contributed by atoms with Gasteiger partial charge >= 0.3 is 6.09 Å². The smallest absolute Gasteiger partial charge is 0.407 e. The molecule has 2 aliphatic carbocycles. The number of nitrogens with zero attached hydrogens (tertiary/aromatic N) is 4. The molecule has 3 fully saturated rings. The number of carbonyl (C=O) groups excluding carboxylic acids is 3. The second kappa shape index (κ2) is 16.0. The van der Waals surface area contributed by atoms with Crippen molar-refractivity contribution in [1.82, 2.24) is 20.5 Å². The second-order valence-electron chi connectivity index (χ2n) is 16.5. The highest BCUT2D eigenvalue weighted by molar-refractivity contribution is 6.04. The summed E-state index contributed by atoms with van der Waals surface area (Å²) in [7, 11) is 1.31. The molecular formula is C46H52N6O4. The quantitative estimate of drug-likeness (QED) is 0.207. The molecule has 2 bridgehead atoms. The molecule has 1 aromatic heterocycles. The zero-order chi connectivity index (χ0) is 38.9. The van der Waals surface area contributed by atoms with E-state index in [9.17, 15) is 14.4 Å². The fourth-order valence-corrected chi connectivity index (χ4v) is 9.94. The van der Waals surface area contributed by atoms with Crippen LogP contribution in [-0.2, 0) is 20.9 Å². The number of allylic oxidation sites excluding steroid dienone is 2. The van der Waals surface area contributed by atoms with E-state index in [1.54, 1.807) is 6.20 Å². The molecular weight excluding hydrogens is 701 g/mol. The molecule has 4 heterocycles. The predicted octanol–water partition coefficient (Wildman–Crippen LogP) is 7.78. The molecule has 3 aliphatic heterocycles. The molecule has 10 heteroatoms. The van der Waals surface area contributed by atoms with E-state index in [2.05, 4.69) is 65.0 Å². The van der Waals surface area contributed by atoms with E-state index in [0.29, 0.717) is 31.3 Å². The number of alkyl carbamates (subject to hydrolysis) is 1. The first-order valence-electron chi connectivity index (χ1n) is 20.2. The van der Waals surface area contributed by atoms with Crippen molar-refractivity contribution in [3.8, 4) is 11.1 Å². The molecule has 0 spiro atoms. The Labute approximate surface area is 329 Å². The Bertz CT molecular complexity index is 2120. The van der Waals surface area contributed by atoms with Gasteiger partial charge in [-0.2, -0.15) is 0 Å². The first kappa shape index (κ1) is 37.5. The molecule has 2 N–H and O–H groups in total. The standard InChI is InChI=1S/C46H52N6O4/c1-27(2)43(51-46(55)56-4)45(54)52-18-6-8-40(52)38-22-36(26-48-38)37-16-15-32(19-28(37)3)30-9-11-31(12-10-30)35-21-39(49-25-35)41-33-13-14-34(20-33)42(41)44(53)50-24-29-7-5-17-47-23-29/h5,7,9-12,15-17,19,23,25-27,33-34,40-43H,6,8,13-14,18,20-22,24H2,1-4H3,(H,50,53)(H,51,55)/t33?,34?,40-,41?,42-,43-/m0/s1. The maximum Gasteiger partial charge on any atom is 0.407 e. The second-order valence-corrected chi connectivity index (χ2v) is 16.5. The number of rotatable bonds is 11. The summed E-state index contributed by atoms with van der Waals surface area (Å²) in [5.41, 5.74) is 11.4. The minimum absolute atomic E-state index is 0.00965. The van der Waals surface area contributed by atoms with E-state index in [1.165, 1.54) is 35.9 Å². The lowest BCUT2D eigenvalue weighted by atomic mass is 9.75. The Morgan fingerprint density at radius 1 is 0.893 bits per heavy atom. The van der Waals surface area contributed by atoms with Crippen molar-refractivity contribution in [3.63, 3.8) is 0 Å². The number of hydrogen-bond donors (Lipinski definition) is 2. The van der Waals surface area contributed by atoms with Crippen LogP contribution in [0.5, 0.6) is 0 Å². The molecule has 6 atom stereocenters. The maximum absolute atomic E-state index is 13.6. The van der Waals surface area contributed by atoms with E-state index in [1.807, 2.05) is 49.5 Å². The van der Waals surface area contributed by atoms with Crippen molar-refractivity contribution in [1.29, 1.82) is 0 Å². The summed E-state index contributed by atoms with van der Waals surface area (Å²) in [5, 5.41) is 5.95. The Morgan fingerprint density at radius 3 is 2.38 bits per heavy atom. The number of aryl methyl sites for hydroxylation is 1. The van der Waals surface area contributed by atoms with E-state index in [-0.39, 0.29) is 35.6 Å². The Kier molecular flexibility index (Phi) is 10.7. The zero-order valence-electron chi connectivity index (χ0n) is 32.8. The molecule has 5 aliphatic rings. The molecule has 0 radical (unpaired) electrons. The van der Waals surface area contributed by atoms with E-state index in [4.69, 9.17) is 14.7 Å². The van der Waals surface area contributed by atoms with Crippen molar-refractivity contribution in [2.45, 2.75) is 84.3 Å². The molecule has 3 unspecified atom stereocenters. The van der Waals surface area contributed by atoms with E-state index < -0.39 is 12.1 Å². The van der Waals surface area contributed by atoms with Crippen molar-refractivity contribution >= 4 is 40.5 Å². The first-order valence-corrected chi connectivity index (χ1v) is 20.2. The van der Waals surface area contributed by atoms with Gasteiger partial charge in [0.25, 0.3) is 0 Å². The number of ether oxygens (including phenoxy) is 1. The van der Waals surface area contributed by atoms with Crippen LogP contribution in [0.25, 0.3) is 22.3 Å². The summed E-state index contributed by atoms with van der Waals surface area (Å²) in [5.74, 6) is 1.17. The molecule has 1 saturated heterocycles. The van der Waals surface area contributed by atoms with Crippen LogP contribution in [0.1, 0.15) is 81.0 Å².